The number of nitrogens with zero attached hydrogens (tertiary/aromatic N) is 1. The Bertz CT molecular complexity index is 851. The van der Waals surface area contributed by atoms with Gasteiger partial charge in [0.15, 0.2) is 0 Å². The largest absolute Gasteiger partial charge is 0.481 e. The molecule has 1 heterocycles. The number of aryl methyl sites for hydroxylation is 1. The Morgan fingerprint density at radius 2 is 1.92 bits per heavy atom. The Kier molecular flexibility index (Phi) is 5.26. The molecule has 3 N–H and O–H groups in total. The minimum Gasteiger partial charge on any atom is -0.481 e. The van der Waals surface area contributed by atoms with Crippen molar-refractivity contribution in [1.29, 1.82) is 0 Å². The summed E-state index contributed by atoms with van der Waals surface area (Å²) in [7, 11) is 0. The smallest absolute Gasteiger partial charge is 0.308 e. The molecule has 2 rings (SSSR count). The van der Waals surface area contributed by atoms with E-state index in [1.165, 1.54) is 6.92 Å². The number of benzene rings is 1. The summed E-state index contributed by atoms with van der Waals surface area (Å²) in [6.45, 7) is 3.04. The number of rotatable bonds is 5. The van der Waals surface area contributed by atoms with Crippen molar-refractivity contribution >= 4 is 29.7 Å². The molecular weight excluding hydrogens is 310 g/mol. The van der Waals surface area contributed by atoms with Crippen molar-refractivity contribution in [2.45, 2.75) is 20.3 Å². The van der Waals surface area contributed by atoms with Crippen molar-refractivity contribution in [1.82, 2.24) is 9.97 Å². The molecule has 0 saturated heterocycles. The quantitative estimate of drug-likeness (QED) is 0.775. The summed E-state index contributed by atoms with van der Waals surface area (Å²) < 4.78 is 0. The monoisotopic (exact) mass is 327 g/mol. The highest BCUT2D eigenvalue weighted by molar-refractivity contribution is 5.88. The molecule has 124 valence electrons. The maximum absolute atomic E-state index is 11.9. The Morgan fingerprint density at radius 1 is 1.25 bits per heavy atom. The van der Waals surface area contributed by atoms with Gasteiger partial charge in [-0.3, -0.25) is 14.4 Å². The van der Waals surface area contributed by atoms with E-state index in [0.717, 1.165) is 5.56 Å². The Balaban J connectivity index is 2.18. The predicted octanol–water partition coefficient (Wildman–Crippen LogP) is 1.83. The number of aromatic amines is 1. The first kappa shape index (κ1) is 17.1. The lowest BCUT2D eigenvalue weighted by Crippen LogP contribution is -2.20. The van der Waals surface area contributed by atoms with Gasteiger partial charge in [0.1, 0.15) is 5.82 Å². The number of nitrogens with one attached hydrogen (secondary N) is 2. The number of aliphatic carboxylic acids is 1. The average Bonchev–Trinajstić information content (AvgIpc) is 2.49. The highest BCUT2D eigenvalue weighted by Crippen LogP contribution is 2.12. The lowest BCUT2D eigenvalue weighted by molar-refractivity contribution is -0.136. The lowest BCUT2D eigenvalue weighted by Gasteiger charge is -2.03. The van der Waals surface area contributed by atoms with Crippen LogP contribution in [0, 0.1) is 6.92 Å². The molecule has 0 fully saturated rings. The fraction of sp³-hybridized carbons (Fsp3) is 0.176. The van der Waals surface area contributed by atoms with Gasteiger partial charge in [0, 0.05) is 23.9 Å². The zero-order valence-corrected chi connectivity index (χ0v) is 13.3. The van der Waals surface area contributed by atoms with Crippen molar-refractivity contribution in [2.75, 3.05) is 5.32 Å². The maximum Gasteiger partial charge on any atom is 0.308 e. The Morgan fingerprint density at radius 3 is 2.46 bits per heavy atom. The van der Waals surface area contributed by atoms with Crippen LogP contribution in [0.3, 0.4) is 0 Å². The summed E-state index contributed by atoms with van der Waals surface area (Å²) in [6.07, 6.45) is 3.03. The first-order chi connectivity index (χ1) is 11.3. The second-order valence-electron chi connectivity index (χ2n) is 5.22. The number of hydrogen-bond donors (Lipinski definition) is 3. The first-order valence-corrected chi connectivity index (χ1v) is 7.22. The molecule has 0 atom stereocenters. The van der Waals surface area contributed by atoms with Crippen LogP contribution in [0.2, 0.25) is 0 Å². The number of anilines is 1. The molecule has 0 aliphatic carbocycles. The van der Waals surface area contributed by atoms with Gasteiger partial charge in [-0.2, -0.15) is 0 Å². The molecule has 7 nitrogen and oxygen atoms in total. The van der Waals surface area contributed by atoms with Crippen LogP contribution in [0.25, 0.3) is 12.2 Å². The summed E-state index contributed by atoms with van der Waals surface area (Å²) in [5.74, 6) is -0.873. The van der Waals surface area contributed by atoms with Crippen LogP contribution in [0.5, 0.6) is 0 Å². The molecule has 1 aromatic carbocycles. The molecule has 24 heavy (non-hydrogen) atoms. The zero-order chi connectivity index (χ0) is 17.7. The molecule has 0 bridgehead atoms. The van der Waals surface area contributed by atoms with E-state index in [9.17, 15) is 14.4 Å². The molecule has 0 spiro atoms. The second-order valence-corrected chi connectivity index (χ2v) is 5.22. The van der Waals surface area contributed by atoms with Crippen molar-refractivity contribution < 1.29 is 14.7 Å². The lowest BCUT2D eigenvalue weighted by atomic mass is 10.1. The Hall–Kier alpha value is -3.22. The van der Waals surface area contributed by atoms with Gasteiger partial charge in [-0.05, 0) is 30.7 Å². The van der Waals surface area contributed by atoms with E-state index in [4.69, 9.17) is 5.11 Å². The topological polar surface area (TPSA) is 112 Å². The van der Waals surface area contributed by atoms with Crippen LogP contribution in [0.1, 0.15) is 29.6 Å². The van der Waals surface area contributed by atoms with Crippen molar-refractivity contribution in [3.63, 3.8) is 0 Å². The first-order valence-electron chi connectivity index (χ1n) is 7.22. The van der Waals surface area contributed by atoms with Crippen LogP contribution in [0.4, 0.5) is 5.69 Å². The van der Waals surface area contributed by atoms with E-state index in [1.807, 2.05) is 12.1 Å². The van der Waals surface area contributed by atoms with Gasteiger partial charge in [0.25, 0.3) is 5.56 Å². The van der Waals surface area contributed by atoms with Crippen LogP contribution in [-0.2, 0) is 16.0 Å². The maximum atomic E-state index is 11.9. The zero-order valence-electron chi connectivity index (χ0n) is 13.3. The van der Waals surface area contributed by atoms with E-state index in [0.29, 0.717) is 17.2 Å². The Labute approximate surface area is 138 Å². The number of carbonyl (C=O) groups excluding carboxylic acids is 1. The molecule has 0 aliphatic rings. The van der Waals surface area contributed by atoms with Crippen molar-refractivity contribution in [3.8, 4) is 0 Å². The predicted molar refractivity (Wildman–Crippen MR) is 90.6 cm³/mol. The number of carboxylic acids is 1. The summed E-state index contributed by atoms with van der Waals surface area (Å²) in [4.78, 5) is 40.4. The van der Waals surface area contributed by atoms with Gasteiger partial charge in [0.2, 0.25) is 5.91 Å². The summed E-state index contributed by atoms with van der Waals surface area (Å²) in [6, 6.07) is 7.15. The van der Waals surface area contributed by atoms with Crippen molar-refractivity contribution in [2.24, 2.45) is 0 Å². The third kappa shape index (κ3) is 4.64. The van der Waals surface area contributed by atoms with Gasteiger partial charge in [-0.25, -0.2) is 4.98 Å². The molecule has 2 aromatic rings. The molecule has 7 heteroatoms. The molecule has 0 saturated carbocycles. The number of carboxylic acid groups (broad SMARTS) is 1. The third-order valence-electron chi connectivity index (χ3n) is 3.23. The fourth-order valence-corrected chi connectivity index (χ4v) is 2.13. The average molecular weight is 327 g/mol. The van der Waals surface area contributed by atoms with E-state index < -0.39 is 11.5 Å². The highest BCUT2D eigenvalue weighted by Gasteiger charge is 2.10. The van der Waals surface area contributed by atoms with Gasteiger partial charge in [-0.15, -0.1) is 0 Å². The molecule has 0 aliphatic heterocycles. The van der Waals surface area contributed by atoms with Gasteiger partial charge < -0.3 is 15.4 Å². The number of H-pyrrole nitrogens is 1. The normalized spacial score (nSPS) is 10.8. The molecule has 0 unspecified atom stereocenters. The highest BCUT2D eigenvalue weighted by atomic mass is 16.4. The van der Waals surface area contributed by atoms with Crippen LogP contribution < -0.4 is 10.9 Å². The summed E-state index contributed by atoms with van der Waals surface area (Å²) in [5, 5.41) is 11.5. The summed E-state index contributed by atoms with van der Waals surface area (Å²) in [5.41, 5.74) is 1.64. The molecular formula is C17H17N3O4. The standard InChI is InChI=1S/C17H17N3O4/c1-10-14(9-16(22)23)17(24)20-15(18-10)8-5-12-3-6-13(7-4-12)19-11(2)21/h3-8H,9H2,1-2H3,(H,19,21)(H,22,23)(H,18,20,24)/b8-5+. The number of carbonyl (C=O) groups is 2. The van der Waals surface area contributed by atoms with Crippen LogP contribution >= 0.6 is 0 Å². The molecule has 1 amide bonds. The molecule has 0 radical (unpaired) electrons. The van der Waals surface area contributed by atoms with Crippen LogP contribution in [0.15, 0.2) is 29.1 Å². The van der Waals surface area contributed by atoms with Gasteiger partial charge in [-0.1, -0.05) is 18.2 Å². The summed E-state index contributed by atoms with van der Waals surface area (Å²) >= 11 is 0. The van der Waals surface area contributed by atoms with Gasteiger partial charge >= 0.3 is 5.97 Å². The third-order valence-corrected chi connectivity index (χ3v) is 3.23. The van der Waals surface area contributed by atoms with Gasteiger partial charge in [0.05, 0.1) is 6.42 Å². The molecule has 1 aromatic heterocycles. The van der Waals surface area contributed by atoms with E-state index >= 15 is 0 Å². The van der Waals surface area contributed by atoms with Crippen molar-refractivity contribution in [3.05, 3.63) is 57.3 Å². The minimum absolute atomic E-state index is 0.142. The number of amides is 1. The SMILES string of the molecule is CC(=O)Nc1ccc(/C=C/c2nc(C)c(CC(=O)O)c(=O)[nH]2)cc1. The van der Waals surface area contributed by atoms with E-state index in [2.05, 4.69) is 15.3 Å². The fourth-order valence-electron chi connectivity index (χ4n) is 2.13. The minimum atomic E-state index is -1.08. The number of aromatic nitrogens is 2. The van der Waals surface area contributed by atoms with E-state index in [-0.39, 0.29) is 17.9 Å². The van der Waals surface area contributed by atoms with E-state index in [1.54, 1.807) is 31.2 Å². The van der Waals surface area contributed by atoms with Crippen LogP contribution in [-0.4, -0.2) is 27.0 Å². The number of hydrogen-bond acceptors (Lipinski definition) is 4. The second kappa shape index (κ2) is 7.36.